The predicted molar refractivity (Wildman–Crippen MR) is 140 cm³/mol. The van der Waals surface area contributed by atoms with Crippen LogP contribution in [0.4, 0.5) is 0 Å². The lowest BCUT2D eigenvalue weighted by Gasteiger charge is -2.14. The highest BCUT2D eigenvalue weighted by Crippen LogP contribution is 2.33. The van der Waals surface area contributed by atoms with Crippen LogP contribution in [0.3, 0.4) is 0 Å². The lowest BCUT2D eigenvalue weighted by molar-refractivity contribution is 0.101. The van der Waals surface area contributed by atoms with Gasteiger partial charge in [0.15, 0.2) is 0 Å². The van der Waals surface area contributed by atoms with Gasteiger partial charge < -0.3 is 9.47 Å². The SMILES string of the molecule is COc1ccc(C(=O)Nn2c(C)nc3sc4c(c3c2=O)CCCC4)cc1COc1ccc(Br)cc1. The van der Waals surface area contributed by atoms with Crippen LogP contribution in [0.2, 0.25) is 0 Å². The van der Waals surface area contributed by atoms with Gasteiger partial charge >= 0.3 is 0 Å². The second-order valence-electron chi connectivity index (χ2n) is 8.40. The van der Waals surface area contributed by atoms with E-state index in [0.29, 0.717) is 33.8 Å². The number of hydrogen-bond acceptors (Lipinski definition) is 6. The molecular weight excluding hydrogens is 530 g/mol. The number of rotatable bonds is 6. The third kappa shape index (κ3) is 4.70. The highest BCUT2D eigenvalue weighted by atomic mass is 79.9. The van der Waals surface area contributed by atoms with Crippen molar-refractivity contribution in [3.8, 4) is 11.5 Å². The molecule has 180 valence electrons. The molecule has 0 saturated heterocycles. The number of aromatic nitrogens is 2. The zero-order valence-corrected chi connectivity index (χ0v) is 21.8. The predicted octanol–water partition coefficient (Wildman–Crippen LogP) is 5.38. The van der Waals surface area contributed by atoms with Gasteiger partial charge in [-0.15, -0.1) is 11.3 Å². The number of thiophene rings is 1. The molecule has 0 aliphatic heterocycles. The Morgan fingerprint density at radius 2 is 1.94 bits per heavy atom. The summed E-state index contributed by atoms with van der Waals surface area (Å²) in [4.78, 5) is 33.2. The molecule has 2 aromatic carbocycles. The molecule has 0 bridgehead atoms. The van der Waals surface area contributed by atoms with Gasteiger partial charge in [-0.1, -0.05) is 15.9 Å². The third-order valence-electron chi connectivity index (χ3n) is 6.12. The van der Waals surface area contributed by atoms with E-state index in [0.717, 1.165) is 40.5 Å². The van der Waals surface area contributed by atoms with Crippen molar-refractivity contribution < 1.29 is 14.3 Å². The maximum absolute atomic E-state index is 13.4. The van der Waals surface area contributed by atoms with Crippen molar-refractivity contribution in [3.05, 3.63) is 84.7 Å². The topological polar surface area (TPSA) is 82.5 Å². The van der Waals surface area contributed by atoms with E-state index in [1.807, 2.05) is 24.3 Å². The molecule has 1 aliphatic carbocycles. The smallest absolute Gasteiger partial charge is 0.281 e. The van der Waals surface area contributed by atoms with E-state index < -0.39 is 5.91 Å². The van der Waals surface area contributed by atoms with Crippen molar-refractivity contribution in [2.75, 3.05) is 12.5 Å². The van der Waals surface area contributed by atoms with Crippen molar-refractivity contribution in [2.24, 2.45) is 0 Å². The molecule has 1 aliphatic rings. The second kappa shape index (κ2) is 9.83. The van der Waals surface area contributed by atoms with Gasteiger partial charge in [-0.2, -0.15) is 0 Å². The van der Waals surface area contributed by atoms with Crippen molar-refractivity contribution >= 4 is 43.4 Å². The summed E-state index contributed by atoms with van der Waals surface area (Å²) in [5, 5.41) is 0.633. The van der Waals surface area contributed by atoms with E-state index in [4.69, 9.17) is 9.47 Å². The Morgan fingerprint density at radius 1 is 1.17 bits per heavy atom. The molecule has 0 spiro atoms. The lowest BCUT2D eigenvalue weighted by Crippen LogP contribution is -2.35. The first-order chi connectivity index (χ1) is 16.9. The van der Waals surface area contributed by atoms with Crippen LogP contribution in [0.15, 0.2) is 51.7 Å². The molecule has 0 fully saturated rings. The van der Waals surface area contributed by atoms with Crippen LogP contribution >= 0.6 is 27.3 Å². The van der Waals surface area contributed by atoms with E-state index in [-0.39, 0.29) is 12.2 Å². The summed E-state index contributed by atoms with van der Waals surface area (Å²) in [7, 11) is 1.57. The van der Waals surface area contributed by atoms with Crippen LogP contribution in [0, 0.1) is 6.92 Å². The Morgan fingerprint density at radius 3 is 2.71 bits per heavy atom. The quantitative estimate of drug-likeness (QED) is 0.346. The summed E-state index contributed by atoms with van der Waals surface area (Å²) in [6, 6.07) is 12.6. The summed E-state index contributed by atoms with van der Waals surface area (Å²) in [6.07, 6.45) is 4.06. The number of aryl methyl sites for hydroxylation is 3. The summed E-state index contributed by atoms with van der Waals surface area (Å²) in [5.74, 6) is 1.35. The van der Waals surface area contributed by atoms with Gasteiger partial charge in [0, 0.05) is 20.5 Å². The van der Waals surface area contributed by atoms with E-state index in [9.17, 15) is 9.59 Å². The highest BCUT2D eigenvalue weighted by molar-refractivity contribution is 9.10. The second-order valence-corrected chi connectivity index (χ2v) is 10.4. The van der Waals surface area contributed by atoms with Crippen LogP contribution in [0.1, 0.15) is 45.0 Å². The molecule has 35 heavy (non-hydrogen) atoms. The molecule has 0 saturated carbocycles. The molecule has 0 radical (unpaired) electrons. The Balaban J connectivity index is 1.42. The number of nitrogens with one attached hydrogen (secondary N) is 1. The van der Waals surface area contributed by atoms with E-state index >= 15 is 0 Å². The van der Waals surface area contributed by atoms with Crippen LogP contribution in [-0.4, -0.2) is 22.7 Å². The van der Waals surface area contributed by atoms with Crippen molar-refractivity contribution in [3.63, 3.8) is 0 Å². The molecule has 0 unspecified atom stereocenters. The van der Waals surface area contributed by atoms with Gasteiger partial charge in [0.2, 0.25) is 0 Å². The van der Waals surface area contributed by atoms with Gasteiger partial charge in [-0.05, 0) is 80.6 Å². The first kappa shape index (κ1) is 23.6. The van der Waals surface area contributed by atoms with Crippen molar-refractivity contribution in [1.29, 1.82) is 0 Å². The van der Waals surface area contributed by atoms with E-state index in [1.165, 1.54) is 9.55 Å². The summed E-state index contributed by atoms with van der Waals surface area (Å²) in [6.45, 7) is 1.95. The number of benzene rings is 2. The van der Waals surface area contributed by atoms with Gasteiger partial charge in [-0.3, -0.25) is 15.0 Å². The summed E-state index contributed by atoms with van der Waals surface area (Å²) >= 11 is 5.00. The van der Waals surface area contributed by atoms with Crippen LogP contribution in [0.25, 0.3) is 10.2 Å². The summed E-state index contributed by atoms with van der Waals surface area (Å²) < 4.78 is 13.5. The number of fused-ring (bicyclic) bond motifs is 3. The molecule has 1 N–H and O–H groups in total. The monoisotopic (exact) mass is 553 g/mol. The number of halogens is 1. The number of hydrogen-bond donors (Lipinski definition) is 1. The first-order valence-electron chi connectivity index (χ1n) is 11.3. The fraction of sp³-hybridized carbons (Fsp3) is 0.269. The number of ether oxygens (including phenoxy) is 2. The summed E-state index contributed by atoms with van der Waals surface area (Å²) in [5.41, 5.74) is 4.71. The molecule has 2 heterocycles. The Bertz CT molecular complexity index is 1480. The lowest BCUT2D eigenvalue weighted by atomic mass is 9.97. The molecule has 7 nitrogen and oxygen atoms in total. The molecule has 0 atom stereocenters. The van der Waals surface area contributed by atoms with Gasteiger partial charge in [0.25, 0.3) is 11.5 Å². The van der Waals surface area contributed by atoms with Gasteiger partial charge in [0.1, 0.15) is 28.8 Å². The van der Waals surface area contributed by atoms with Crippen LogP contribution in [-0.2, 0) is 19.4 Å². The van der Waals surface area contributed by atoms with Gasteiger partial charge in [-0.25, -0.2) is 9.66 Å². The first-order valence-corrected chi connectivity index (χ1v) is 13.0. The fourth-order valence-corrected chi connectivity index (χ4v) is 5.89. The Labute approximate surface area is 214 Å². The molecule has 5 rings (SSSR count). The van der Waals surface area contributed by atoms with E-state index in [1.54, 1.807) is 43.6 Å². The zero-order chi connectivity index (χ0) is 24.5. The maximum atomic E-state index is 13.4. The third-order valence-corrected chi connectivity index (χ3v) is 7.83. The average molecular weight is 554 g/mol. The number of carbonyl (C=O) groups is 1. The Hall–Kier alpha value is -3.17. The standard InChI is InChI=1S/C26H24BrN3O4S/c1-15-28-25-23(20-5-3-4-6-22(20)35-25)26(32)30(15)29-24(31)16-7-12-21(33-2)17(13-16)14-34-19-10-8-18(27)9-11-19/h7-13H,3-6,14H2,1-2H3,(H,29,31). The molecule has 9 heteroatoms. The Kier molecular flexibility index (Phi) is 6.62. The number of carbonyl (C=O) groups excluding carboxylic acids is 1. The maximum Gasteiger partial charge on any atom is 0.281 e. The molecular formula is C26H24BrN3O4S. The minimum atomic E-state index is -0.409. The minimum absolute atomic E-state index is 0.222. The molecule has 1 amide bonds. The van der Waals surface area contributed by atoms with Crippen LogP contribution in [0.5, 0.6) is 11.5 Å². The van der Waals surface area contributed by atoms with Crippen LogP contribution < -0.4 is 20.5 Å². The number of nitrogens with zero attached hydrogens (tertiary/aromatic N) is 2. The largest absolute Gasteiger partial charge is 0.496 e. The fourth-order valence-electron chi connectivity index (χ4n) is 4.33. The molecule has 4 aromatic rings. The number of methoxy groups -OCH3 is 1. The van der Waals surface area contributed by atoms with Gasteiger partial charge in [0.05, 0.1) is 12.5 Å². The number of amides is 1. The van der Waals surface area contributed by atoms with E-state index in [2.05, 4.69) is 26.3 Å². The van der Waals surface area contributed by atoms with Crippen molar-refractivity contribution in [2.45, 2.75) is 39.2 Å². The minimum Gasteiger partial charge on any atom is -0.496 e. The van der Waals surface area contributed by atoms with Crippen molar-refractivity contribution in [1.82, 2.24) is 9.66 Å². The zero-order valence-electron chi connectivity index (χ0n) is 19.4. The normalized spacial score (nSPS) is 12.9. The highest BCUT2D eigenvalue weighted by Gasteiger charge is 2.22. The average Bonchev–Trinajstić information content (AvgIpc) is 3.24. The molecule has 2 aromatic heterocycles.